The number of anilines is 1. The van der Waals surface area contributed by atoms with Gasteiger partial charge in [-0.15, -0.1) is 0 Å². The lowest BCUT2D eigenvalue weighted by Crippen LogP contribution is -2.31. The summed E-state index contributed by atoms with van der Waals surface area (Å²) in [6, 6.07) is 5.77. The second-order valence-corrected chi connectivity index (χ2v) is 5.85. The molecule has 1 aliphatic rings. The van der Waals surface area contributed by atoms with Crippen molar-refractivity contribution in [2.45, 2.75) is 25.4 Å². The first-order chi connectivity index (χ1) is 12.0. The third kappa shape index (κ3) is 3.94. The number of aromatic nitrogens is 3. The summed E-state index contributed by atoms with van der Waals surface area (Å²) >= 11 is 6.07. The normalized spacial score (nSPS) is 16.8. The summed E-state index contributed by atoms with van der Waals surface area (Å²) in [5, 5.41) is 11.7. The van der Waals surface area contributed by atoms with Gasteiger partial charge in [0, 0.05) is 11.4 Å². The van der Waals surface area contributed by atoms with Gasteiger partial charge in [0.2, 0.25) is 11.9 Å². The Morgan fingerprint density at radius 3 is 2.84 bits per heavy atom. The average Bonchev–Trinajstić information content (AvgIpc) is 3.18. The molecule has 0 spiro atoms. The van der Waals surface area contributed by atoms with E-state index in [0.717, 1.165) is 4.90 Å². The summed E-state index contributed by atoms with van der Waals surface area (Å²) < 4.78 is 0. The quantitative estimate of drug-likeness (QED) is 0.669. The van der Waals surface area contributed by atoms with Crippen molar-refractivity contribution in [2.24, 2.45) is 0 Å². The lowest BCUT2D eigenvalue weighted by atomic mass is 10.1. The second kappa shape index (κ2) is 7.31. The molecule has 0 aliphatic carbocycles. The number of carbonyl (C=O) groups is 3. The van der Waals surface area contributed by atoms with E-state index >= 15 is 0 Å². The highest BCUT2D eigenvalue weighted by atomic mass is 35.5. The zero-order valence-electron chi connectivity index (χ0n) is 13.0. The molecule has 0 unspecified atom stereocenters. The fourth-order valence-electron chi connectivity index (χ4n) is 2.45. The number of rotatable bonds is 6. The summed E-state index contributed by atoms with van der Waals surface area (Å²) in [5.74, 6) is -0.479. The highest BCUT2D eigenvalue weighted by molar-refractivity contribution is 6.31. The number of urea groups is 1. The average molecular weight is 363 g/mol. The molecule has 130 valence electrons. The van der Waals surface area contributed by atoms with Crippen molar-refractivity contribution in [3.63, 3.8) is 0 Å². The molecule has 3 N–H and O–H groups in total. The summed E-state index contributed by atoms with van der Waals surface area (Å²) in [4.78, 5) is 41.1. The van der Waals surface area contributed by atoms with E-state index in [1.165, 1.54) is 6.33 Å². The van der Waals surface area contributed by atoms with E-state index in [1.807, 2.05) is 0 Å². The molecule has 1 aromatic heterocycles. The molecule has 1 aliphatic heterocycles. The van der Waals surface area contributed by atoms with Gasteiger partial charge < -0.3 is 5.32 Å². The smallest absolute Gasteiger partial charge is 0.325 e. The largest absolute Gasteiger partial charge is 0.326 e. The zero-order chi connectivity index (χ0) is 17.8. The third-order valence-corrected chi connectivity index (χ3v) is 4.09. The molecular weight excluding hydrogens is 348 g/mol. The fraction of sp³-hybridized carbons (Fsp3) is 0.267. The van der Waals surface area contributed by atoms with Crippen LogP contribution in [0.25, 0.3) is 0 Å². The second-order valence-electron chi connectivity index (χ2n) is 5.44. The predicted molar refractivity (Wildman–Crippen MR) is 88.6 cm³/mol. The summed E-state index contributed by atoms with van der Waals surface area (Å²) in [6.45, 7) is 0.0884. The van der Waals surface area contributed by atoms with Crippen LogP contribution in [0.15, 0.2) is 30.6 Å². The van der Waals surface area contributed by atoms with Gasteiger partial charge in [-0.3, -0.25) is 19.8 Å². The number of hydrogen-bond acceptors (Lipinski definition) is 5. The number of amides is 4. The number of benzene rings is 1. The first kappa shape index (κ1) is 16.9. The van der Waals surface area contributed by atoms with Gasteiger partial charge in [-0.25, -0.2) is 9.89 Å². The summed E-state index contributed by atoms with van der Waals surface area (Å²) in [5.41, 5.74) is 0.677. The van der Waals surface area contributed by atoms with Crippen LogP contribution in [-0.2, 0) is 16.1 Å². The van der Waals surface area contributed by atoms with Crippen molar-refractivity contribution in [1.29, 1.82) is 0 Å². The zero-order valence-corrected chi connectivity index (χ0v) is 13.8. The summed E-state index contributed by atoms with van der Waals surface area (Å²) in [6.07, 6.45) is 1.50. The monoisotopic (exact) mass is 362 g/mol. The molecule has 25 heavy (non-hydrogen) atoms. The van der Waals surface area contributed by atoms with E-state index in [9.17, 15) is 14.4 Å². The van der Waals surface area contributed by atoms with Gasteiger partial charge in [0.15, 0.2) is 0 Å². The number of carbonyl (C=O) groups excluding carboxylic acids is 3. The molecule has 2 aromatic rings. The maximum absolute atomic E-state index is 12.4. The number of imide groups is 1. The maximum atomic E-state index is 12.4. The van der Waals surface area contributed by atoms with Gasteiger partial charge in [0.25, 0.3) is 5.91 Å². The van der Waals surface area contributed by atoms with Gasteiger partial charge >= 0.3 is 6.03 Å². The molecule has 10 heteroatoms. The van der Waals surface area contributed by atoms with Crippen LogP contribution in [0.2, 0.25) is 5.02 Å². The number of aromatic amines is 1. The minimum Gasteiger partial charge on any atom is -0.326 e. The fourth-order valence-corrected chi connectivity index (χ4v) is 2.65. The lowest BCUT2D eigenvalue weighted by molar-refractivity contribution is -0.128. The molecule has 9 nitrogen and oxygen atoms in total. The Morgan fingerprint density at radius 2 is 2.12 bits per heavy atom. The lowest BCUT2D eigenvalue weighted by Gasteiger charge is -2.14. The Bertz CT molecular complexity index is 794. The molecule has 0 saturated carbocycles. The molecule has 4 amide bonds. The number of halogens is 1. The van der Waals surface area contributed by atoms with E-state index in [4.69, 9.17) is 11.6 Å². The molecular formula is C15H15ClN6O3. The Kier molecular flexibility index (Phi) is 4.94. The van der Waals surface area contributed by atoms with E-state index in [1.54, 1.807) is 24.3 Å². The van der Waals surface area contributed by atoms with E-state index in [-0.39, 0.29) is 37.1 Å². The van der Waals surface area contributed by atoms with Gasteiger partial charge in [-0.2, -0.15) is 10.1 Å². The van der Waals surface area contributed by atoms with E-state index in [0.29, 0.717) is 10.6 Å². The van der Waals surface area contributed by atoms with Crippen LogP contribution in [0.3, 0.4) is 0 Å². The number of nitrogens with zero attached hydrogens (tertiary/aromatic N) is 3. The van der Waals surface area contributed by atoms with Gasteiger partial charge in [-0.1, -0.05) is 29.8 Å². The number of hydrogen-bond donors (Lipinski definition) is 3. The summed E-state index contributed by atoms with van der Waals surface area (Å²) in [7, 11) is 0. The van der Waals surface area contributed by atoms with Crippen molar-refractivity contribution in [3.05, 3.63) is 41.2 Å². The van der Waals surface area contributed by atoms with Crippen molar-refractivity contribution >= 4 is 35.4 Å². The Labute approximate surface area is 147 Å². The molecule has 0 bridgehead atoms. The molecule has 1 aromatic carbocycles. The number of H-pyrrole nitrogens is 1. The van der Waals surface area contributed by atoms with E-state index < -0.39 is 12.1 Å². The standard InChI is InChI=1S/C15H15ClN6O3/c16-10-4-2-1-3-9(10)7-22-13(24)11(19-15(22)25)5-6-12(23)20-14-17-8-18-21-14/h1-4,8,11H,5-7H2,(H,19,25)(H2,17,18,20,21,23)/t11-/m1/s1. The molecule has 2 heterocycles. The minimum absolute atomic E-state index is 0.0529. The Morgan fingerprint density at radius 1 is 1.32 bits per heavy atom. The van der Waals surface area contributed by atoms with Crippen LogP contribution in [0.1, 0.15) is 18.4 Å². The maximum Gasteiger partial charge on any atom is 0.325 e. The van der Waals surface area contributed by atoms with Crippen LogP contribution in [0, 0.1) is 0 Å². The predicted octanol–water partition coefficient (Wildman–Crippen LogP) is 1.30. The Balaban J connectivity index is 1.56. The molecule has 1 atom stereocenters. The molecule has 1 saturated heterocycles. The van der Waals surface area contributed by atoms with Crippen molar-refractivity contribution in [3.8, 4) is 0 Å². The van der Waals surface area contributed by atoms with Crippen LogP contribution < -0.4 is 10.6 Å². The Hall–Kier alpha value is -2.94. The topological polar surface area (TPSA) is 120 Å². The van der Waals surface area contributed by atoms with Crippen LogP contribution in [0.5, 0.6) is 0 Å². The highest BCUT2D eigenvalue weighted by Gasteiger charge is 2.38. The van der Waals surface area contributed by atoms with Gasteiger partial charge in [0.05, 0.1) is 6.54 Å². The first-order valence-corrected chi connectivity index (χ1v) is 7.93. The third-order valence-electron chi connectivity index (χ3n) is 3.73. The molecule has 0 radical (unpaired) electrons. The van der Waals surface area contributed by atoms with Crippen LogP contribution in [0.4, 0.5) is 10.7 Å². The van der Waals surface area contributed by atoms with Crippen molar-refractivity contribution in [2.75, 3.05) is 5.32 Å². The number of nitrogens with one attached hydrogen (secondary N) is 3. The van der Waals surface area contributed by atoms with Crippen molar-refractivity contribution in [1.82, 2.24) is 25.4 Å². The minimum atomic E-state index is -0.740. The van der Waals surface area contributed by atoms with Gasteiger partial charge in [-0.05, 0) is 18.1 Å². The van der Waals surface area contributed by atoms with E-state index in [2.05, 4.69) is 25.8 Å². The first-order valence-electron chi connectivity index (χ1n) is 7.55. The SMILES string of the molecule is O=C(CC[C@H]1NC(=O)N(Cc2ccccc2Cl)C1=O)Nc1ncn[nH]1. The molecule has 3 rings (SSSR count). The van der Waals surface area contributed by atoms with Gasteiger partial charge in [0.1, 0.15) is 12.4 Å². The van der Waals surface area contributed by atoms with Crippen molar-refractivity contribution < 1.29 is 14.4 Å². The highest BCUT2D eigenvalue weighted by Crippen LogP contribution is 2.20. The molecule has 1 fully saturated rings. The van der Waals surface area contributed by atoms with Crippen LogP contribution in [-0.4, -0.2) is 44.0 Å². The van der Waals surface area contributed by atoms with Crippen LogP contribution >= 0.6 is 11.6 Å².